The lowest BCUT2D eigenvalue weighted by Crippen LogP contribution is -2.48. The number of allylic oxidation sites excluding steroid dienone is 1. The van der Waals surface area contributed by atoms with Crippen LogP contribution in [0.2, 0.25) is 0 Å². The molecule has 1 saturated carbocycles. The molecule has 2 aliphatic carbocycles. The van der Waals surface area contributed by atoms with Crippen molar-refractivity contribution in [1.82, 2.24) is 0 Å². The van der Waals surface area contributed by atoms with Gasteiger partial charge in [-0.15, -0.1) is 0 Å². The lowest BCUT2D eigenvalue weighted by Gasteiger charge is -2.52. The van der Waals surface area contributed by atoms with Gasteiger partial charge >= 0.3 is 0 Å². The molecule has 1 N–H and O–H groups in total. The van der Waals surface area contributed by atoms with Crippen LogP contribution in [0.15, 0.2) is 23.3 Å². The van der Waals surface area contributed by atoms with E-state index in [1.165, 1.54) is 24.0 Å². The third kappa shape index (κ3) is 1.79. The molecule has 0 amide bonds. The van der Waals surface area contributed by atoms with Gasteiger partial charge in [0.2, 0.25) is 0 Å². The van der Waals surface area contributed by atoms with E-state index in [9.17, 15) is 5.11 Å². The Bertz CT molecular complexity index is 364. The quantitative estimate of drug-likeness (QED) is 0.678. The maximum Gasteiger partial charge on any atom is 0.0841 e. The molecule has 96 valence electrons. The molecular formula is C16H26O. The van der Waals surface area contributed by atoms with Crippen LogP contribution in [0.25, 0.3) is 0 Å². The molecule has 17 heavy (non-hydrogen) atoms. The average Bonchev–Trinajstić information content (AvgIpc) is 2.25. The van der Waals surface area contributed by atoms with Crippen molar-refractivity contribution in [2.24, 2.45) is 17.3 Å². The summed E-state index contributed by atoms with van der Waals surface area (Å²) in [5.41, 5.74) is 4.04. The molecular weight excluding hydrogens is 208 g/mol. The van der Waals surface area contributed by atoms with E-state index in [1.54, 1.807) is 0 Å². The molecule has 0 aliphatic heterocycles. The van der Waals surface area contributed by atoms with Gasteiger partial charge in [0.15, 0.2) is 0 Å². The van der Waals surface area contributed by atoms with Crippen LogP contribution in [-0.4, -0.2) is 11.2 Å². The topological polar surface area (TPSA) is 20.2 Å². The number of aliphatic hydroxyl groups is 1. The molecule has 0 aromatic heterocycles. The van der Waals surface area contributed by atoms with E-state index >= 15 is 0 Å². The predicted molar refractivity (Wildman–Crippen MR) is 72.7 cm³/mol. The second kappa shape index (κ2) is 4.28. The van der Waals surface area contributed by atoms with E-state index < -0.39 is 0 Å². The third-order valence-electron chi connectivity index (χ3n) is 5.22. The van der Waals surface area contributed by atoms with Gasteiger partial charge in [-0.2, -0.15) is 0 Å². The van der Waals surface area contributed by atoms with Gasteiger partial charge in [0.05, 0.1) is 6.10 Å². The number of fused-ring (bicyclic) bond motifs is 1. The molecule has 2 rings (SSSR count). The Kier molecular flexibility index (Phi) is 3.24. The molecule has 0 saturated heterocycles. The summed E-state index contributed by atoms with van der Waals surface area (Å²) in [6.45, 7) is 13.2. The van der Waals surface area contributed by atoms with Crippen LogP contribution < -0.4 is 0 Å². The maximum atomic E-state index is 10.6. The van der Waals surface area contributed by atoms with E-state index in [1.807, 2.05) is 0 Å². The highest BCUT2D eigenvalue weighted by Gasteiger charge is 2.49. The van der Waals surface area contributed by atoms with Gasteiger partial charge in [-0.25, -0.2) is 0 Å². The Morgan fingerprint density at radius 3 is 2.53 bits per heavy atom. The summed E-state index contributed by atoms with van der Waals surface area (Å²) in [7, 11) is 0. The Hall–Kier alpha value is -0.560. The Balaban J connectivity index is 2.49. The van der Waals surface area contributed by atoms with Gasteiger partial charge in [0.1, 0.15) is 0 Å². The Morgan fingerprint density at radius 1 is 1.29 bits per heavy atom. The molecule has 0 aromatic carbocycles. The second-order valence-electron chi connectivity index (χ2n) is 6.49. The third-order valence-corrected chi connectivity index (χ3v) is 5.22. The minimum Gasteiger partial charge on any atom is -0.388 e. The SMILES string of the molecule is C=C1CCC2=C(C)CCC(C(C)C)C2(C)C1O. The van der Waals surface area contributed by atoms with Crippen molar-refractivity contribution in [2.75, 3.05) is 0 Å². The molecule has 0 spiro atoms. The number of hydrogen-bond acceptors (Lipinski definition) is 1. The molecule has 1 heteroatoms. The zero-order valence-corrected chi connectivity index (χ0v) is 11.7. The first-order valence-electron chi connectivity index (χ1n) is 6.93. The lowest BCUT2D eigenvalue weighted by molar-refractivity contribution is 0.00254. The fourth-order valence-corrected chi connectivity index (χ4v) is 4.23. The lowest BCUT2D eigenvalue weighted by atomic mass is 9.54. The molecule has 1 fully saturated rings. The van der Waals surface area contributed by atoms with E-state index in [2.05, 4.69) is 34.3 Å². The van der Waals surface area contributed by atoms with Crippen molar-refractivity contribution in [3.63, 3.8) is 0 Å². The van der Waals surface area contributed by atoms with E-state index in [0.29, 0.717) is 11.8 Å². The first-order valence-corrected chi connectivity index (χ1v) is 6.93. The summed E-state index contributed by atoms with van der Waals surface area (Å²) in [5, 5.41) is 10.6. The van der Waals surface area contributed by atoms with E-state index in [-0.39, 0.29) is 11.5 Å². The zero-order chi connectivity index (χ0) is 12.8. The van der Waals surface area contributed by atoms with Crippen LogP contribution >= 0.6 is 0 Å². The minimum absolute atomic E-state index is 0.0498. The van der Waals surface area contributed by atoms with Gasteiger partial charge in [-0.1, -0.05) is 38.5 Å². The molecule has 3 atom stereocenters. The van der Waals surface area contributed by atoms with Crippen molar-refractivity contribution in [2.45, 2.75) is 59.5 Å². The number of aliphatic hydroxyl groups excluding tert-OH is 1. The largest absolute Gasteiger partial charge is 0.388 e. The molecule has 1 nitrogen and oxygen atoms in total. The first kappa shape index (κ1) is 12.9. The second-order valence-corrected chi connectivity index (χ2v) is 6.49. The number of hydrogen-bond donors (Lipinski definition) is 1. The summed E-state index contributed by atoms with van der Waals surface area (Å²) in [6, 6.07) is 0. The molecule has 0 radical (unpaired) electrons. The summed E-state index contributed by atoms with van der Waals surface area (Å²) in [5.74, 6) is 1.22. The van der Waals surface area contributed by atoms with Gasteiger partial charge in [0, 0.05) is 5.41 Å². The van der Waals surface area contributed by atoms with Gasteiger partial charge in [0.25, 0.3) is 0 Å². The molecule has 0 aromatic rings. The zero-order valence-electron chi connectivity index (χ0n) is 11.7. The van der Waals surface area contributed by atoms with Crippen LogP contribution in [0.3, 0.4) is 0 Å². The van der Waals surface area contributed by atoms with Crippen LogP contribution in [0.4, 0.5) is 0 Å². The molecule has 0 bridgehead atoms. The van der Waals surface area contributed by atoms with Crippen LogP contribution in [0, 0.1) is 17.3 Å². The summed E-state index contributed by atoms with van der Waals surface area (Å²) >= 11 is 0. The van der Waals surface area contributed by atoms with E-state index in [0.717, 1.165) is 18.4 Å². The molecule has 2 aliphatic rings. The smallest absolute Gasteiger partial charge is 0.0841 e. The normalized spacial score (nSPS) is 38.6. The van der Waals surface area contributed by atoms with Crippen molar-refractivity contribution >= 4 is 0 Å². The van der Waals surface area contributed by atoms with Crippen molar-refractivity contribution in [3.05, 3.63) is 23.3 Å². The van der Waals surface area contributed by atoms with Gasteiger partial charge < -0.3 is 5.11 Å². The molecule has 3 unspecified atom stereocenters. The fraction of sp³-hybridized carbons (Fsp3) is 0.750. The standard InChI is InChI=1S/C16H26O/c1-10(2)13-8-6-11(3)14-9-7-12(4)15(17)16(13,14)5/h10,13,15,17H,4,6-9H2,1-3,5H3. The Morgan fingerprint density at radius 2 is 1.94 bits per heavy atom. The fourth-order valence-electron chi connectivity index (χ4n) is 4.23. The summed E-state index contributed by atoms with van der Waals surface area (Å²) in [4.78, 5) is 0. The number of rotatable bonds is 1. The summed E-state index contributed by atoms with van der Waals surface area (Å²) < 4.78 is 0. The van der Waals surface area contributed by atoms with Crippen LogP contribution in [0.5, 0.6) is 0 Å². The highest BCUT2D eigenvalue weighted by atomic mass is 16.3. The van der Waals surface area contributed by atoms with E-state index in [4.69, 9.17) is 0 Å². The predicted octanol–water partition coefficient (Wildman–Crippen LogP) is 4.09. The minimum atomic E-state index is -0.339. The molecule has 0 heterocycles. The highest BCUT2D eigenvalue weighted by Crippen LogP contribution is 2.55. The van der Waals surface area contributed by atoms with Crippen LogP contribution in [-0.2, 0) is 0 Å². The first-order chi connectivity index (χ1) is 7.89. The highest BCUT2D eigenvalue weighted by molar-refractivity contribution is 5.34. The summed E-state index contributed by atoms with van der Waals surface area (Å²) in [6.07, 6.45) is 4.17. The Labute approximate surface area is 106 Å². The van der Waals surface area contributed by atoms with Crippen molar-refractivity contribution in [3.8, 4) is 0 Å². The monoisotopic (exact) mass is 234 g/mol. The maximum absolute atomic E-state index is 10.6. The average molecular weight is 234 g/mol. The van der Waals surface area contributed by atoms with Crippen molar-refractivity contribution < 1.29 is 5.11 Å². The van der Waals surface area contributed by atoms with Gasteiger partial charge in [-0.05, 0) is 50.0 Å². The van der Waals surface area contributed by atoms with Crippen molar-refractivity contribution in [1.29, 1.82) is 0 Å². The van der Waals surface area contributed by atoms with Crippen LogP contribution in [0.1, 0.15) is 53.4 Å². The van der Waals surface area contributed by atoms with Gasteiger partial charge in [-0.3, -0.25) is 0 Å².